The average Bonchev–Trinajstić information content (AvgIpc) is 3.26. The molecule has 1 aliphatic rings. The predicted octanol–water partition coefficient (Wildman–Crippen LogP) is 4.11. The molecule has 0 aliphatic heterocycles. The highest BCUT2D eigenvalue weighted by molar-refractivity contribution is 6.30. The molecule has 2 rings (SSSR count). The lowest BCUT2D eigenvalue weighted by molar-refractivity contribution is 0.222. The van der Waals surface area contributed by atoms with E-state index in [-0.39, 0.29) is 0 Å². The van der Waals surface area contributed by atoms with Crippen molar-refractivity contribution in [1.82, 2.24) is 10.2 Å². The molecule has 1 aromatic carbocycles. The molecule has 1 aliphatic carbocycles. The molecule has 0 saturated heterocycles. The van der Waals surface area contributed by atoms with Crippen LogP contribution in [0.5, 0.6) is 0 Å². The molecule has 112 valence electrons. The maximum Gasteiger partial charge on any atom is 0.0409 e. The van der Waals surface area contributed by atoms with E-state index in [4.69, 9.17) is 11.6 Å². The standard InChI is InChI=1S/C17H27ClN2/c1-4-19-17(15-6-5-7-16(18)12-15)10-11-20(3)13(2)14-8-9-14/h5-7,12-14,17,19H,4,8-11H2,1-3H3. The summed E-state index contributed by atoms with van der Waals surface area (Å²) < 4.78 is 0. The van der Waals surface area contributed by atoms with Crippen molar-refractivity contribution < 1.29 is 0 Å². The first kappa shape index (κ1) is 15.8. The molecule has 2 unspecified atom stereocenters. The summed E-state index contributed by atoms with van der Waals surface area (Å²) in [4.78, 5) is 2.51. The maximum absolute atomic E-state index is 6.11. The summed E-state index contributed by atoms with van der Waals surface area (Å²) in [6.45, 7) is 6.63. The number of nitrogens with one attached hydrogen (secondary N) is 1. The predicted molar refractivity (Wildman–Crippen MR) is 87.3 cm³/mol. The lowest BCUT2D eigenvalue weighted by Crippen LogP contribution is -2.34. The second-order valence-corrected chi connectivity index (χ2v) is 6.45. The molecule has 0 amide bonds. The Kier molecular flexibility index (Phi) is 5.88. The van der Waals surface area contributed by atoms with Crippen LogP contribution in [0.15, 0.2) is 24.3 Å². The average molecular weight is 295 g/mol. The smallest absolute Gasteiger partial charge is 0.0409 e. The van der Waals surface area contributed by atoms with Gasteiger partial charge in [-0.2, -0.15) is 0 Å². The van der Waals surface area contributed by atoms with Crippen LogP contribution in [0, 0.1) is 5.92 Å². The zero-order chi connectivity index (χ0) is 14.5. The molecule has 2 atom stereocenters. The monoisotopic (exact) mass is 294 g/mol. The lowest BCUT2D eigenvalue weighted by Gasteiger charge is -2.27. The summed E-state index contributed by atoms with van der Waals surface area (Å²) in [5, 5.41) is 4.40. The summed E-state index contributed by atoms with van der Waals surface area (Å²) >= 11 is 6.11. The van der Waals surface area contributed by atoms with Gasteiger partial charge in [0.15, 0.2) is 0 Å². The molecule has 0 bridgehead atoms. The van der Waals surface area contributed by atoms with E-state index in [2.05, 4.69) is 43.2 Å². The van der Waals surface area contributed by atoms with E-state index >= 15 is 0 Å². The minimum atomic E-state index is 0.396. The van der Waals surface area contributed by atoms with Gasteiger partial charge in [-0.15, -0.1) is 0 Å². The Morgan fingerprint density at radius 2 is 2.15 bits per heavy atom. The first-order valence-corrected chi connectivity index (χ1v) is 8.18. The molecule has 0 radical (unpaired) electrons. The van der Waals surface area contributed by atoms with Crippen LogP contribution >= 0.6 is 11.6 Å². The van der Waals surface area contributed by atoms with Gasteiger partial charge in [0.25, 0.3) is 0 Å². The fourth-order valence-electron chi connectivity index (χ4n) is 2.83. The molecule has 1 N–H and O–H groups in total. The fraction of sp³-hybridized carbons (Fsp3) is 0.647. The number of benzene rings is 1. The Morgan fingerprint density at radius 1 is 1.40 bits per heavy atom. The van der Waals surface area contributed by atoms with Crippen molar-refractivity contribution in [3.63, 3.8) is 0 Å². The Labute approximate surface area is 128 Å². The Balaban J connectivity index is 1.91. The van der Waals surface area contributed by atoms with Gasteiger partial charge in [0.05, 0.1) is 0 Å². The van der Waals surface area contributed by atoms with Crippen LogP contribution in [0.4, 0.5) is 0 Å². The quantitative estimate of drug-likeness (QED) is 0.776. The van der Waals surface area contributed by atoms with E-state index in [9.17, 15) is 0 Å². The molecule has 3 heteroatoms. The summed E-state index contributed by atoms with van der Waals surface area (Å²) in [5.41, 5.74) is 1.30. The van der Waals surface area contributed by atoms with E-state index in [1.165, 1.54) is 18.4 Å². The number of nitrogens with zero attached hydrogens (tertiary/aromatic N) is 1. The normalized spacial score (nSPS) is 18.2. The number of rotatable bonds is 8. The highest BCUT2D eigenvalue weighted by atomic mass is 35.5. The van der Waals surface area contributed by atoms with E-state index in [0.717, 1.165) is 36.5 Å². The van der Waals surface area contributed by atoms with E-state index in [1.54, 1.807) is 0 Å². The Bertz CT molecular complexity index is 417. The van der Waals surface area contributed by atoms with Crippen LogP contribution in [-0.4, -0.2) is 31.1 Å². The second kappa shape index (κ2) is 7.44. The summed E-state index contributed by atoms with van der Waals surface area (Å²) in [6.07, 6.45) is 3.95. The minimum Gasteiger partial charge on any atom is -0.310 e. The molecular weight excluding hydrogens is 268 g/mol. The fourth-order valence-corrected chi connectivity index (χ4v) is 3.03. The Morgan fingerprint density at radius 3 is 2.75 bits per heavy atom. The molecule has 1 fully saturated rings. The van der Waals surface area contributed by atoms with Gasteiger partial charge < -0.3 is 10.2 Å². The SMILES string of the molecule is CCNC(CCN(C)C(C)C1CC1)c1cccc(Cl)c1. The number of hydrogen-bond acceptors (Lipinski definition) is 2. The van der Waals surface area contributed by atoms with Gasteiger partial charge in [0, 0.05) is 17.1 Å². The van der Waals surface area contributed by atoms with Gasteiger partial charge in [-0.1, -0.05) is 30.7 Å². The minimum absolute atomic E-state index is 0.396. The molecule has 0 heterocycles. The van der Waals surface area contributed by atoms with Crippen molar-refractivity contribution in [2.24, 2.45) is 5.92 Å². The van der Waals surface area contributed by atoms with Gasteiger partial charge in [-0.25, -0.2) is 0 Å². The van der Waals surface area contributed by atoms with Crippen molar-refractivity contribution in [2.75, 3.05) is 20.1 Å². The van der Waals surface area contributed by atoms with E-state index < -0.39 is 0 Å². The van der Waals surface area contributed by atoms with Crippen molar-refractivity contribution in [3.8, 4) is 0 Å². The van der Waals surface area contributed by atoms with Crippen molar-refractivity contribution in [3.05, 3.63) is 34.9 Å². The number of hydrogen-bond donors (Lipinski definition) is 1. The van der Waals surface area contributed by atoms with Crippen molar-refractivity contribution >= 4 is 11.6 Å². The van der Waals surface area contributed by atoms with Gasteiger partial charge in [-0.3, -0.25) is 0 Å². The van der Waals surface area contributed by atoms with E-state index in [1.807, 2.05) is 12.1 Å². The van der Waals surface area contributed by atoms with Crippen molar-refractivity contribution in [1.29, 1.82) is 0 Å². The molecule has 0 aromatic heterocycles. The molecule has 2 nitrogen and oxygen atoms in total. The lowest BCUT2D eigenvalue weighted by atomic mass is 10.0. The molecule has 1 saturated carbocycles. The first-order chi connectivity index (χ1) is 9.61. The van der Waals surface area contributed by atoms with Gasteiger partial charge in [0.2, 0.25) is 0 Å². The van der Waals surface area contributed by atoms with Crippen LogP contribution < -0.4 is 5.32 Å². The maximum atomic E-state index is 6.11. The van der Waals surface area contributed by atoms with Gasteiger partial charge in [0.1, 0.15) is 0 Å². The van der Waals surface area contributed by atoms with Crippen LogP contribution in [0.3, 0.4) is 0 Å². The van der Waals surface area contributed by atoms with Crippen LogP contribution in [-0.2, 0) is 0 Å². The zero-order valence-electron chi connectivity index (χ0n) is 12.9. The summed E-state index contributed by atoms with van der Waals surface area (Å²) in [5.74, 6) is 0.934. The Hall–Kier alpha value is -0.570. The zero-order valence-corrected chi connectivity index (χ0v) is 13.7. The highest BCUT2D eigenvalue weighted by Crippen LogP contribution is 2.35. The van der Waals surface area contributed by atoms with Gasteiger partial charge in [-0.05, 0) is 69.9 Å². The van der Waals surface area contributed by atoms with Crippen LogP contribution in [0.1, 0.15) is 44.7 Å². The second-order valence-electron chi connectivity index (χ2n) is 6.01. The van der Waals surface area contributed by atoms with Crippen LogP contribution in [0.2, 0.25) is 5.02 Å². The van der Waals surface area contributed by atoms with Crippen molar-refractivity contribution in [2.45, 2.75) is 45.2 Å². The molecular formula is C17H27ClN2. The largest absolute Gasteiger partial charge is 0.310 e. The topological polar surface area (TPSA) is 15.3 Å². The molecule has 1 aromatic rings. The molecule has 0 spiro atoms. The van der Waals surface area contributed by atoms with E-state index in [0.29, 0.717) is 6.04 Å². The first-order valence-electron chi connectivity index (χ1n) is 7.81. The highest BCUT2D eigenvalue weighted by Gasteiger charge is 2.30. The summed E-state index contributed by atoms with van der Waals surface area (Å²) in [7, 11) is 2.25. The summed E-state index contributed by atoms with van der Waals surface area (Å²) in [6, 6.07) is 9.35. The van der Waals surface area contributed by atoms with Crippen LogP contribution in [0.25, 0.3) is 0 Å². The third kappa shape index (κ3) is 4.47. The molecule has 20 heavy (non-hydrogen) atoms. The van der Waals surface area contributed by atoms with Gasteiger partial charge >= 0.3 is 0 Å². The third-order valence-corrected chi connectivity index (χ3v) is 4.71. The third-order valence-electron chi connectivity index (χ3n) is 4.47. The number of halogens is 1.